The molecule has 1 unspecified atom stereocenters. The molecule has 21 heavy (non-hydrogen) atoms. The predicted octanol–water partition coefficient (Wildman–Crippen LogP) is 2.54. The molecule has 1 aromatic carbocycles. The largest absolute Gasteiger partial charge is 0.339 e. The van der Waals surface area contributed by atoms with E-state index < -0.39 is 0 Å². The first-order chi connectivity index (χ1) is 10.3. The van der Waals surface area contributed by atoms with Crippen molar-refractivity contribution in [2.45, 2.75) is 32.4 Å². The van der Waals surface area contributed by atoms with Crippen LogP contribution in [0.5, 0.6) is 0 Å². The molecule has 0 spiro atoms. The van der Waals surface area contributed by atoms with Crippen molar-refractivity contribution in [3.8, 4) is 0 Å². The first-order valence-electron chi connectivity index (χ1n) is 7.62. The summed E-state index contributed by atoms with van der Waals surface area (Å²) >= 11 is 0. The first-order valence-corrected chi connectivity index (χ1v) is 7.62. The van der Waals surface area contributed by atoms with Crippen LogP contribution in [0.1, 0.15) is 24.0 Å². The van der Waals surface area contributed by atoms with E-state index in [1.54, 1.807) is 0 Å². The quantitative estimate of drug-likeness (QED) is 0.935. The average Bonchev–Trinajstić information content (AvgIpc) is 2.54. The second kappa shape index (κ2) is 6.68. The van der Waals surface area contributed by atoms with Gasteiger partial charge >= 0.3 is 0 Å². The van der Waals surface area contributed by atoms with E-state index in [1.165, 1.54) is 24.0 Å². The lowest BCUT2D eigenvalue weighted by Gasteiger charge is -2.33. The minimum absolute atomic E-state index is 0.503. The van der Waals surface area contributed by atoms with Crippen LogP contribution in [0.4, 0.5) is 5.95 Å². The van der Waals surface area contributed by atoms with Gasteiger partial charge in [-0.25, -0.2) is 9.97 Å². The van der Waals surface area contributed by atoms with Crippen LogP contribution in [0.2, 0.25) is 0 Å². The summed E-state index contributed by atoms with van der Waals surface area (Å²) in [4.78, 5) is 11.0. The maximum Gasteiger partial charge on any atom is 0.225 e. The molecule has 0 aliphatic carbocycles. The molecule has 110 valence electrons. The lowest BCUT2D eigenvalue weighted by Crippen LogP contribution is -2.46. The Kier molecular flexibility index (Phi) is 4.46. The summed E-state index contributed by atoms with van der Waals surface area (Å²) in [5.41, 5.74) is 2.67. The number of rotatable bonds is 4. The molecule has 0 bridgehead atoms. The predicted molar refractivity (Wildman–Crippen MR) is 85.3 cm³/mol. The number of aromatic nitrogens is 2. The van der Waals surface area contributed by atoms with Gasteiger partial charge in [0.1, 0.15) is 0 Å². The van der Waals surface area contributed by atoms with E-state index in [9.17, 15) is 0 Å². The van der Waals surface area contributed by atoms with Crippen LogP contribution >= 0.6 is 0 Å². The van der Waals surface area contributed by atoms with E-state index in [4.69, 9.17) is 0 Å². The van der Waals surface area contributed by atoms with Gasteiger partial charge in [-0.3, -0.25) is 0 Å². The summed E-state index contributed by atoms with van der Waals surface area (Å²) < 4.78 is 0. The highest BCUT2D eigenvalue weighted by atomic mass is 15.3. The minimum atomic E-state index is 0.503. The van der Waals surface area contributed by atoms with Crippen LogP contribution < -0.4 is 10.2 Å². The highest BCUT2D eigenvalue weighted by Gasteiger charge is 2.20. The summed E-state index contributed by atoms with van der Waals surface area (Å²) in [6.07, 6.45) is 6.02. The molecule has 1 aliphatic rings. The monoisotopic (exact) mass is 282 g/mol. The first kappa shape index (κ1) is 14.0. The van der Waals surface area contributed by atoms with Crippen LogP contribution in [0.25, 0.3) is 0 Å². The van der Waals surface area contributed by atoms with Crippen LogP contribution in [-0.4, -0.2) is 29.1 Å². The van der Waals surface area contributed by atoms with Crippen molar-refractivity contribution < 1.29 is 0 Å². The molecule has 3 rings (SSSR count). The molecule has 2 aromatic rings. The zero-order chi connectivity index (χ0) is 14.5. The molecule has 1 aromatic heterocycles. The van der Waals surface area contributed by atoms with Crippen molar-refractivity contribution in [2.24, 2.45) is 0 Å². The molecule has 1 saturated heterocycles. The SMILES string of the molecule is Cc1cccc(CNC2CCCN(c3ncccn3)C2)c1. The van der Waals surface area contributed by atoms with Gasteiger partial charge in [0.15, 0.2) is 0 Å². The Balaban J connectivity index is 1.57. The minimum Gasteiger partial charge on any atom is -0.339 e. The third-order valence-electron chi connectivity index (χ3n) is 3.93. The summed E-state index contributed by atoms with van der Waals surface area (Å²) in [6.45, 7) is 5.09. The van der Waals surface area contributed by atoms with Crippen molar-refractivity contribution in [2.75, 3.05) is 18.0 Å². The van der Waals surface area contributed by atoms with Gasteiger partial charge in [0.2, 0.25) is 5.95 Å². The summed E-state index contributed by atoms with van der Waals surface area (Å²) in [6, 6.07) is 11.1. The lowest BCUT2D eigenvalue weighted by atomic mass is 10.1. The molecule has 1 atom stereocenters. The fraction of sp³-hybridized carbons (Fsp3) is 0.412. The molecular formula is C17H22N4. The van der Waals surface area contributed by atoms with Crippen LogP contribution in [0, 0.1) is 6.92 Å². The summed E-state index contributed by atoms with van der Waals surface area (Å²) in [7, 11) is 0. The molecule has 0 radical (unpaired) electrons. The van der Waals surface area contributed by atoms with Crippen molar-refractivity contribution >= 4 is 5.95 Å². The highest BCUT2D eigenvalue weighted by Crippen LogP contribution is 2.15. The van der Waals surface area contributed by atoms with Crippen LogP contribution in [-0.2, 0) is 6.54 Å². The van der Waals surface area contributed by atoms with E-state index in [2.05, 4.69) is 51.4 Å². The van der Waals surface area contributed by atoms with Gasteiger partial charge < -0.3 is 10.2 Å². The van der Waals surface area contributed by atoms with Gasteiger partial charge in [-0.15, -0.1) is 0 Å². The molecule has 0 saturated carbocycles. The van der Waals surface area contributed by atoms with E-state index in [0.29, 0.717) is 6.04 Å². The lowest BCUT2D eigenvalue weighted by molar-refractivity contribution is 0.418. The number of benzene rings is 1. The molecule has 2 heterocycles. The Morgan fingerprint density at radius 3 is 2.90 bits per heavy atom. The number of hydrogen-bond acceptors (Lipinski definition) is 4. The number of piperidine rings is 1. The zero-order valence-corrected chi connectivity index (χ0v) is 12.5. The number of nitrogens with zero attached hydrogens (tertiary/aromatic N) is 3. The van der Waals surface area contributed by atoms with E-state index >= 15 is 0 Å². The summed E-state index contributed by atoms with van der Waals surface area (Å²) in [5.74, 6) is 0.847. The van der Waals surface area contributed by atoms with Gasteiger partial charge in [0.05, 0.1) is 0 Å². The highest BCUT2D eigenvalue weighted by molar-refractivity contribution is 5.29. The number of hydrogen-bond donors (Lipinski definition) is 1. The standard InChI is InChI=1S/C17H22N4/c1-14-5-2-6-15(11-14)12-20-16-7-3-10-21(13-16)17-18-8-4-9-19-17/h2,4-6,8-9,11,16,20H,3,7,10,12-13H2,1H3. The fourth-order valence-corrected chi connectivity index (χ4v) is 2.86. The second-order valence-electron chi connectivity index (χ2n) is 5.70. The van der Waals surface area contributed by atoms with Crippen molar-refractivity contribution in [3.05, 3.63) is 53.9 Å². The maximum atomic E-state index is 4.35. The van der Waals surface area contributed by atoms with E-state index in [0.717, 1.165) is 25.6 Å². The molecule has 1 fully saturated rings. The zero-order valence-electron chi connectivity index (χ0n) is 12.5. The van der Waals surface area contributed by atoms with Crippen molar-refractivity contribution in [1.29, 1.82) is 0 Å². The fourth-order valence-electron chi connectivity index (χ4n) is 2.86. The Morgan fingerprint density at radius 2 is 2.10 bits per heavy atom. The third-order valence-corrected chi connectivity index (χ3v) is 3.93. The van der Waals surface area contributed by atoms with Gasteiger partial charge in [-0.05, 0) is 31.4 Å². The van der Waals surface area contributed by atoms with Gasteiger partial charge in [-0.2, -0.15) is 0 Å². The molecule has 0 amide bonds. The van der Waals surface area contributed by atoms with E-state index in [-0.39, 0.29) is 0 Å². The Bertz CT molecular complexity index is 570. The molecule has 1 N–H and O–H groups in total. The molecule has 4 nitrogen and oxygen atoms in total. The Morgan fingerprint density at radius 1 is 1.24 bits per heavy atom. The molecule has 4 heteroatoms. The second-order valence-corrected chi connectivity index (χ2v) is 5.70. The third kappa shape index (κ3) is 3.79. The number of aryl methyl sites for hydroxylation is 1. The smallest absolute Gasteiger partial charge is 0.225 e. The van der Waals surface area contributed by atoms with Gasteiger partial charge in [0.25, 0.3) is 0 Å². The Labute approximate surface area is 126 Å². The molecule has 1 aliphatic heterocycles. The van der Waals surface area contributed by atoms with Crippen molar-refractivity contribution in [1.82, 2.24) is 15.3 Å². The van der Waals surface area contributed by atoms with Gasteiger partial charge in [0, 0.05) is 38.1 Å². The topological polar surface area (TPSA) is 41.0 Å². The Hall–Kier alpha value is -1.94. The number of anilines is 1. The van der Waals surface area contributed by atoms with Gasteiger partial charge in [-0.1, -0.05) is 29.8 Å². The normalized spacial score (nSPS) is 18.7. The van der Waals surface area contributed by atoms with Crippen molar-refractivity contribution in [3.63, 3.8) is 0 Å². The van der Waals surface area contributed by atoms with Crippen LogP contribution in [0.15, 0.2) is 42.7 Å². The average molecular weight is 282 g/mol. The maximum absolute atomic E-state index is 4.35. The molecular weight excluding hydrogens is 260 g/mol. The summed E-state index contributed by atoms with van der Waals surface area (Å²) in [5, 5.41) is 3.67. The van der Waals surface area contributed by atoms with Crippen LogP contribution in [0.3, 0.4) is 0 Å². The van der Waals surface area contributed by atoms with E-state index in [1.807, 2.05) is 18.5 Å². The number of nitrogens with one attached hydrogen (secondary N) is 1.